The molecule has 3 N–H and O–H groups in total. The molecule has 2 rings (SSSR count). The molecule has 0 aliphatic heterocycles. The Labute approximate surface area is 128 Å². The molecular formula is C15H16BNO5. The number of amides is 1. The second-order valence-electron chi connectivity index (χ2n) is 4.52. The van der Waals surface area contributed by atoms with Crippen molar-refractivity contribution in [1.29, 1.82) is 0 Å². The van der Waals surface area contributed by atoms with E-state index in [1.54, 1.807) is 6.07 Å². The van der Waals surface area contributed by atoms with Gasteiger partial charge in [0.15, 0.2) is 0 Å². The zero-order chi connectivity index (χ0) is 15.9. The third kappa shape index (κ3) is 4.24. The van der Waals surface area contributed by atoms with Crippen molar-refractivity contribution in [3.63, 3.8) is 0 Å². The van der Waals surface area contributed by atoms with E-state index in [9.17, 15) is 14.8 Å². The number of carbonyl (C=O) groups excluding carboxylic acids is 1. The summed E-state index contributed by atoms with van der Waals surface area (Å²) in [5, 5.41) is 21.1. The van der Waals surface area contributed by atoms with Crippen LogP contribution in [0.2, 0.25) is 0 Å². The fourth-order valence-electron chi connectivity index (χ4n) is 1.89. The Morgan fingerprint density at radius 2 is 1.91 bits per heavy atom. The number of nitrogens with one attached hydrogen (secondary N) is 1. The molecule has 2 aromatic rings. The molecular weight excluding hydrogens is 285 g/mol. The summed E-state index contributed by atoms with van der Waals surface area (Å²) in [7, 11) is -0.278. The molecule has 0 saturated heterocycles. The van der Waals surface area contributed by atoms with Crippen LogP contribution in [0.15, 0.2) is 48.5 Å². The minimum absolute atomic E-state index is 0.151. The molecule has 0 bridgehead atoms. The Hall–Kier alpha value is -2.51. The first kappa shape index (κ1) is 15.9. The van der Waals surface area contributed by atoms with Gasteiger partial charge in [-0.05, 0) is 23.8 Å². The second kappa shape index (κ2) is 7.49. The summed E-state index contributed by atoms with van der Waals surface area (Å²) in [5.74, 6) is 0.318. The van der Waals surface area contributed by atoms with Crippen LogP contribution in [-0.4, -0.2) is 30.4 Å². The molecule has 1 amide bonds. The van der Waals surface area contributed by atoms with E-state index in [0.717, 1.165) is 5.56 Å². The maximum atomic E-state index is 11.7. The summed E-state index contributed by atoms with van der Waals surface area (Å²) < 4.78 is 10.1. The van der Waals surface area contributed by atoms with E-state index in [4.69, 9.17) is 9.47 Å². The van der Waals surface area contributed by atoms with Crippen molar-refractivity contribution < 1.29 is 24.3 Å². The number of anilines is 1. The van der Waals surface area contributed by atoms with Gasteiger partial charge in [0.25, 0.3) is 0 Å². The number of hydrogen-bond donors (Lipinski definition) is 3. The SMILES string of the molecule is COc1ccc(NC(=O)OCc2ccccc2)cc1B(O)O. The molecule has 114 valence electrons. The van der Waals surface area contributed by atoms with Crippen LogP contribution in [0.4, 0.5) is 10.5 Å². The van der Waals surface area contributed by atoms with Crippen molar-refractivity contribution in [3.05, 3.63) is 54.1 Å². The average molecular weight is 301 g/mol. The van der Waals surface area contributed by atoms with Crippen LogP contribution in [0.1, 0.15) is 5.56 Å². The lowest BCUT2D eigenvalue weighted by atomic mass is 9.79. The van der Waals surface area contributed by atoms with Crippen LogP contribution in [0.25, 0.3) is 0 Å². The maximum Gasteiger partial charge on any atom is 0.492 e. The van der Waals surface area contributed by atoms with Gasteiger partial charge in [-0.25, -0.2) is 4.79 Å². The van der Waals surface area contributed by atoms with E-state index in [1.165, 1.54) is 19.2 Å². The zero-order valence-electron chi connectivity index (χ0n) is 12.0. The monoisotopic (exact) mass is 301 g/mol. The maximum absolute atomic E-state index is 11.7. The molecule has 7 heteroatoms. The molecule has 0 saturated carbocycles. The molecule has 0 heterocycles. The highest BCUT2D eigenvalue weighted by atomic mass is 16.5. The number of carbonyl (C=O) groups is 1. The highest BCUT2D eigenvalue weighted by Gasteiger charge is 2.18. The zero-order valence-corrected chi connectivity index (χ0v) is 12.0. The number of methoxy groups -OCH3 is 1. The number of hydrogen-bond acceptors (Lipinski definition) is 5. The van der Waals surface area contributed by atoms with Gasteiger partial charge in [-0.1, -0.05) is 30.3 Å². The molecule has 22 heavy (non-hydrogen) atoms. The van der Waals surface area contributed by atoms with Gasteiger partial charge in [-0.2, -0.15) is 0 Å². The highest BCUT2D eigenvalue weighted by molar-refractivity contribution is 6.59. The van der Waals surface area contributed by atoms with Crippen LogP contribution in [0.5, 0.6) is 5.75 Å². The minimum Gasteiger partial charge on any atom is -0.497 e. The molecule has 0 spiro atoms. The summed E-state index contributed by atoms with van der Waals surface area (Å²) in [6.07, 6.45) is -0.632. The first-order valence-electron chi connectivity index (χ1n) is 6.62. The Balaban J connectivity index is 1.98. The van der Waals surface area contributed by atoms with Crippen molar-refractivity contribution in [2.45, 2.75) is 6.61 Å². The predicted octanol–water partition coefficient (Wildman–Crippen LogP) is 1.12. The Morgan fingerprint density at radius 3 is 2.55 bits per heavy atom. The molecule has 0 atom stereocenters. The van der Waals surface area contributed by atoms with Crippen LogP contribution in [-0.2, 0) is 11.3 Å². The van der Waals surface area contributed by atoms with E-state index in [-0.39, 0.29) is 12.1 Å². The largest absolute Gasteiger partial charge is 0.497 e. The lowest BCUT2D eigenvalue weighted by Crippen LogP contribution is -2.31. The van der Waals surface area contributed by atoms with Crippen LogP contribution < -0.4 is 15.5 Å². The summed E-state index contributed by atoms with van der Waals surface area (Å²) in [6.45, 7) is 0.151. The van der Waals surface area contributed by atoms with Crippen molar-refractivity contribution >= 4 is 24.4 Å². The summed E-state index contributed by atoms with van der Waals surface area (Å²) in [6, 6.07) is 13.8. The van der Waals surface area contributed by atoms with Crippen LogP contribution in [0, 0.1) is 0 Å². The Bertz CT molecular complexity index is 633. The number of benzene rings is 2. The first-order valence-corrected chi connectivity index (χ1v) is 6.62. The molecule has 6 nitrogen and oxygen atoms in total. The van der Waals surface area contributed by atoms with E-state index >= 15 is 0 Å². The summed E-state index contributed by atoms with van der Waals surface area (Å²) in [5.41, 5.74) is 1.41. The number of rotatable bonds is 5. The van der Waals surface area contributed by atoms with E-state index < -0.39 is 13.2 Å². The van der Waals surface area contributed by atoms with Gasteiger partial charge in [0.05, 0.1) is 7.11 Å². The predicted molar refractivity (Wildman–Crippen MR) is 83.1 cm³/mol. The minimum atomic E-state index is -1.70. The smallest absolute Gasteiger partial charge is 0.492 e. The molecule has 0 unspecified atom stereocenters. The standard InChI is InChI=1S/C15H16BNO5/c1-21-14-8-7-12(9-13(14)16(19)20)17-15(18)22-10-11-5-3-2-4-6-11/h2-9,19-20H,10H2,1H3,(H,17,18). The van der Waals surface area contributed by atoms with Gasteiger partial charge >= 0.3 is 13.2 Å². The molecule has 0 aromatic heterocycles. The van der Waals surface area contributed by atoms with Crippen molar-refractivity contribution in [2.75, 3.05) is 12.4 Å². The summed E-state index contributed by atoms with van der Waals surface area (Å²) >= 11 is 0. The third-order valence-electron chi connectivity index (χ3n) is 2.97. The lowest BCUT2D eigenvalue weighted by molar-refractivity contribution is 0.155. The quantitative estimate of drug-likeness (QED) is 0.720. The fourth-order valence-corrected chi connectivity index (χ4v) is 1.89. The Morgan fingerprint density at radius 1 is 1.18 bits per heavy atom. The first-order chi connectivity index (χ1) is 10.6. The highest BCUT2D eigenvalue weighted by Crippen LogP contribution is 2.14. The van der Waals surface area contributed by atoms with Crippen molar-refractivity contribution in [2.24, 2.45) is 0 Å². The molecule has 2 aromatic carbocycles. The molecule has 0 aliphatic rings. The van der Waals surface area contributed by atoms with Gasteiger partial charge in [0.2, 0.25) is 0 Å². The Kier molecular flexibility index (Phi) is 5.40. The normalized spacial score (nSPS) is 9.95. The van der Waals surface area contributed by atoms with Crippen LogP contribution in [0.3, 0.4) is 0 Å². The van der Waals surface area contributed by atoms with Crippen LogP contribution >= 0.6 is 0 Å². The fraction of sp³-hybridized carbons (Fsp3) is 0.133. The van der Waals surface area contributed by atoms with Gasteiger partial charge in [-0.3, -0.25) is 5.32 Å². The van der Waals surface area contributed by atoms with Gasteiger partial charge in [-0.15, -0.1) is 0 Å². The van der Waals surface area contributed by atoms with Crippen molar-refractivity contribution in [1.82, 2.24) is 0 Å². The van der Waals surface area contributed by atoms with Gasteiger partial charge < -0.3 is 19.5 Å². The number of ether oxygens (including phenoxy) is 2. The topological polar surface area (TPSA) is 88.0 Å². The summed E-state index contributed by atoms with van der Waals surface area (Å²) in [4.78, 5) is 11.7. The molecule has 0 aliphatic carbocycles. The van der Waals surface area contributed by atoms with E-state index in [2.05, 4.69) is 5.32 Å². The van der Waals surface area contributed by atoms with E-state index in [0.29, 0.717) is 11.4 Å². The van der Waals surface area contributed by atoms with Gasteiger partial charge in [0.1, 0.15) is 12.4 Å². The molecule has 0 radical (unpaired) electrons. The van der Waals surface area contributed by atoms with Crippen molar-refractivity contribution in [3.8, 4) is 5.75 Å². The lowest BCUT2D eigenvalue weighted by Gasteiger charge is -2.11. The van der Waals surface area contributed by atoms with E-state index in [1.807, 2.05) is 30.3 Å². The van der Waals surface area contributed by atoms with Gasteiger partial charge in [0, 0.05) is 11.2 Å². The third-order valence-corrected chi connectivity index (χ3v) is 2.97. The average Bonchev–Trinajstić information content (AvgIpc) is 2.54. The second-order valence-corrected chi connectivity index (χ2v) is 4.52. The molecule has 0 fully saturated rings.